The minimum absolute atomic E-state index is 0.707. The first kappa shape index (κ1) is 24.3. The second kappa shape index (κ2) is 12.6. The fourth-order valence-corrected chi connectivity index (χ4v) is 3.53. The summed E-state index contributed by atoms with van der Waals surface area (Å²) in [6.45, 7) is 0. The molecule has 0 aliphatic carbocycles. The van der Waals surface area contributed by atoms with Gasteiger partial charge in [-0.1, -0.05) is 24.3 Å². The van der Waals surface area contributed by atoms with E-state index in [2.05, 4.69) is 19.9 Å². The lowest BCUT2D eigenvalue weighted by Gasteiger charge is -2.07. The van der Waals surface area contributed by atoms with E-state index in [0.29, 0.717) is 22.8 Å². The molecule has 0 radical (unpaired) electrons. The molecule has 0 saturated heterocycles. The van der Waals surface area contributed by atoms with Gasteiger partial charge in [-0.05, 0) is 97.1 Å². The number of nitrogens with zero attached hydrogens (tertiary/aromatic N) is 6. The predicted molar refractivity (Wildman–Crippen MR) is 155 cm³/mol. The van der Waals surface area contributed by atoms with Crippen LogP contribution in [0.5, 0.6) is 0 Å². The van der Waals surface area contributed by atoms with E-state index >= 15 is 0 Å². The zero-order valence-corrected chi connectivity index (χ0v) is 20.5. The molecule has 0 atom stereocenters. The van der Waals surface area contributed by atoms with Crippen molar-refractivity contribution in [1.29, 1.82) is 0 Å². The molecule has 0 aliphatic heterocycles. The van der Waals surface area contributed by atoms with Crippen LogP contribution in [0.4, 0.5) is 0 Å². The number of hydrogen-bond acceptors (Lipinski definition) is 6. The van der Waals surface area contributed by atoms with Crippen molar-refractivity contribution in [2.45, 2.75) is 0 Å². The van der Waals surface area contributed by atoms with Crippen LogP contribution < -0.4 is 0 Å². The van der Waals surface area contributed by atoms with Gasteiger partial charge in [0.15, 0.2) is 0 Å². The molecule has 5 rings (SSSR count). The highest BCUT2D eigenvalue weighted by atomic mass is 14.8. The van der Waals surface area contributed by atoms with Crippen molar-refractivity contribution in [3.05, 3.63) is 143 Å². The van der Waals surface area contributed by atoms with Gasteiger partial charge >= 0.3 is 0 Å². The molecule has 38 heavy (non-hydrogen) atoms. The van der Waals surface area contributed by atoms with E-state index in [-0.39, 0.29) is 0 Å². The molecule has 0 saturated carbocycles. The molecule has 0 bridgehead atoms. The molecule has 0 N–H and O–H groups in total. The van der Waals surface area contributed by atoms with Crippen LogP contribution in [0.1, 0.15) is 45.6 Å². The first-order valence-corrected chi connectivity index (χ1v) is 12.1. The third-order valence-electron chi connectivity index (χ3n) is 5.41. The second-order valence-electron chi connectivity index (χ2n) is 8.12. The Kier molecular flexibility index (Phi) is 8.04. The van der Waals surface area contributed by atoms with Crippen LogP contribution in [0.3, 0.4) is 0 Å². The summed E-state index contributed by atoms with van der Waals surface area (Å²) >= 11 is 0. The SMILES string of the molecule is C(=C\c1nc(/C=C/c2ccccn2)c(/C=C/c2ccccn2)nc1/C=C/c1ccccn1)/c1ccccn1. The monoisotopic (exact) mass is 492 g/mol. The van der Waals surface area contributed by atoms with Crippen LogP contribution in [0, 0.1) is 0 Å². The van der Waals surface area contributed by atoms with Gasteiger partial charge in [0.2, 0.25) is 0 Å². The Bertz CT molecular complexity index is 1340. The average Bonchev–Trinajstić information content (AvgIpc) is 2.99. The maximum Gasteiger partial charge on any atom is 0.0895 e. The highest BCUT2D eigenvalue weighted by Gasteiger charge is 2.08. The molecule has 5 aromatic rings. The summed E-state index contributed by atoms with van der Waals surface area (Å²) < 4.78 is 0. The maximum absolute atomic E-state index is 4.99. The minimum Gasteiger partial charge on any atom is -0.257 e. The second-order valence-corrected chi connectivity index (χ2v) is 8.12. The number of aromatic nitrogens is 6. The Hall–Kier alpha value is -5.36. The zero-order chi connectivity index (χ0) is 25.8. The molecule has 0 aromatic carbocycles. The first-order chi connectivity index (χ1) is 18.8. The van der Waals surface area contributed by atoms with Crippen LogP contribution in [0.2, 0.25) is 0 Å². The van der Waals surface area contributed by atoms with E-state index in [1.54, 1.807) is 24.8 Å². The van der Waals surface area contributed by atoms with Gasteiger partial charge in [0.25, 0.3) is 0 Å². The maximum atomic E-state index is 4.99. The van der Waals surface area contributed by atoms with Crippen LogP contribution in [-0.4, -0.2) is 29.9 Å². The van der Waals surface area contributed by atoms with Crippen molar-refractivity contribution in [3.63, 3.8) is 0 Å². The molecule has 6 nitrogen and oxygen atoms in total. The molecule has 0 unspecified atom stereocenters. The molecule has 5 heterocycles. The van der Waals surface area contributed by atoms with Crippen molar-refractivity contribution in [2.75, 3.05) is 0 Å². The van der Waals surface area contributed by atoms with Crippen LogP contribution in [0.25, 0.3) is 48.6 Å². The van der Waals surface area contributed by atoms with Crippen molar-refractivity contribution >= 4 is 48.6 Å². The zero-order valence-electron chi connectivity index (χ0n) is 20.5. The van der Waals surface area contributed by atoms with Gasteiger partial charge in [-0.3, -0.25) is 19.9 Å². The van der Waals surface area contributed by atoms with Gasteiger partial charge in [-0.25, -0.2) is 9.97 Å². The lowest BCUT2D eigenvalue weighted by atomic mass is 10.1. The van der Waals surface area contributed by atoms with Crippen molar-refractivity contribution in [1.82, 2.24) is 29.9 Å². The lowest BCUT2D eigenvalue weighted by molar-refractivity contribution is 1.12. The summed E-state index contributed by atoms with van der Waals surface area (Å²) in [5.41, 5.74) is 6.16. The fraction of sp³-hybridized carbons (Fsp3) is 0. The van der Waals surface area contributed by atoms with E-state index in [1.165, 1.54) is 0 Å². The van der Waals surface area contributed by atoms with Gasteiger partial charge in [0.1, 0.15) is 0 Å². The van der Waals surface area contributed by atoms with E-state index in [9.17, 15) is 0 Å². The standard InChI is InChI=1S/C32H24N6/c1-5-21-33-25(9-1)13-17-29-30(18-14-26-10-2-6-22-34-26)38-32(20-16-28-12-4-8-24-36-28)31(37-29)19-15-27-11-3-7-23-35-27/h1-24H/b17-13+,18-14+,19-15+,20-16+. The Balaban J connectivity index is 1.60. The number of pyridine rings is 4. The van der Waals surface area contributed by atoms with Gasteiger partial charge in [-0.2, -0.15) is 0 Å². The lowest BCUT2D eigenvalue weighted by Crippen LogP contribution is -2.00. The smallest absolute Gasteiger partial charge is 0.0895 e. The largest absolute Gasteiger partial charge is 0.257 e. The average molecular weight is 493 g/mol. The predicted octanol–water partition coefficient (Wildman–Crippen LogP) is 6.74. The molecular weight excluding hydrogens is 468 g/mol. The van der Waals surface area contributed by atoms with Gasteiger partial charge in [0.05, 0.1) is 45.6 Å². The molecule has 5 aromatic heterocycles. The Labute approximate surface area is 221 Å². The molecule has 182 valence electrons. The van der Waals surface area contributed by atoms with Crippen LogP contribution >= 0.6 is 0 Å². The first-order valence-electron chi connectivity index (χ1n) is 12.1. The minimum atomic E-state index is 0.707. The third-order valence-corrected chi connectivity index (χ3v) is 5.41. The quantitative estimate of drug-likeness (QED) is 0.239. The van der Waals surface area contributed by atoms with Gasteiger partial charge < -0.3 is 0 Å². The number of hydrogen-bond donors (Lipinski definition) is 0. The molecular formula is C32H24N6. The summed E-state index contributed by atoms with van der Waals surface area (Å²) in [6.07, 6.45) is 22.5. The van der Waals surface area contributed by atoms with Crippen LogP contribution in [-0.2, 0) is 0 Å². The summed E-state index contributed by atoms with van der Waals surface area (Å²) in [4.78, 5) is 27.6. The van der Waals surface area contributed by atoms with Gasteiger partial charge in [0, 0.05) is 24.8 Å². The van der Waals surface area contributed by atoms with E-state index in [4.69, 9.17) is 9.97 Å². The molecule has 0 aliphatic rings. The van der Waals surface area contributed by atoms with Crippen molar-refractivity contribution < 1.29 is 0 Å². The van der Waals surface area contributed by atoms with Crippen molar-refractivity contribution in [3.8, 4) is 0 Å². The van der Waals surface area contributed by atoms with Gasteiger partial charge in [-0.15, -0.1) is 0 Å². The van der Waals surface area contributed by atoms with Crippen molar-refractivity contribution in [2.24, 2.45) is 0 Å². The van der Waals surface area contributed by atoms with E-state index in [0.717, 1.165) is 22.8 Å². The van der Waals surface area contributed by atoms with Crippen LogP contribution in [0.15, 0.2) is 97.6 Å². The van der Waals surface area contributed by atoms with E-state index in [1.807, 2.05) is 121 Å². The summed E-state index contributed by atoms with van der Waals surface area (Å²) in [5.74, 6) is 0. The Morgan fingerprint density at radius 3 is 0.789 bits per heavy atom. The molecule has 6 heteroatoms. The molecule has 0 amide bonds. The fourth-order valence-electron chi connectivity index (χ4n) is 3.53. The van der Waals surface area contributed by atoms with E-state index < -0.39 is 0 Å². The topological polar surface area (TPSA) is 77.3 Å². The Morgan fingerprint density at radius 1 is 0.316 bits per heavy atom. The highest BCUT2D eigenvalue weighted by Crippen LogP contribution is 2.19. The molecule has 0 fully saturated rings. The number of rotatable bonds is 8. The normalized spacial score (nSPS) is 11.8. The summed E-state index contributed by atoms with van der Waals surface area (Å²) in [6, 6.07) is 23.1. The Morgan fingerprint density at radius 2 is 0.579 bits per heavy atom. The summed E-state index contributed by atoms with van der Waals surface area (Å²) in [7, 11) is 0. The summed E-state index contributed by atoms with van der Waals surface area (Å²) in [5, 5.41) is 0. The third kappa shape index (κ3) is 6.86. The highest BCUT2D eigenvalue weighted by molar-refractivity contribution is 5.80. The molecule has 0 spiro atoms.